The molecule has 3 rings (SSSR count). The molecule has 0 N–H and O–H groups in total. The molecule has 0 saturated heterocycles. The Hall–Kier alpha value is -0.670. The van der Waals surface area contributed by atoms with Crippen LogP contribution >= 0.6 is 27.3 Å². The maximum absolute atomic E-state index is 4.84. The van der Waals surface area contributed by atoms with Crippen molar-refractivity contribution >= 4 is 27.3 Å². The number of benzene rings is 1. The summed E-state index contributed by atoms with van der Waals surface area (Å²) in [6, 6.07) is 8.40. The molecule has 18 heavy (non-hydrogen) atoms. The van der Waals surface area contributed by atoms with E-state index < -0.39 is 0 Å². The molecular formula is C15H16BrNS. The molecule has 1 aliphatic rings. The Morgan fingerprint density at radius 3 is 2.78 bits per heavy atom. The summed E-state index contributed by atoms with van der Waals surface area (Å²) in [6.07, 6.45) is 6.78. The van der Waals surface area contributed by atoms with E-state index in [0.717, 1.165) is 9.48 Å². The lowest BCUT2D eigenvalue weighted by Gasteiger charge is -2.19. The van der Waals surface area contributed by atoms with Gasteiger partial charge in [0.2, 0.25) is 0 Å². The monoisotopic (exact) mass is 321 g/mol. The van der Waals surface area contributed by atoms with Crippen molar-refractivity contribution in [2.24, 2.45) is 0 Å². The zero-order chi connectivity index (χ0) is 12.4. The summed E-state index contributed by atoms with van der Waals surface area (Å²) in [6.45, 7) is 0. The van der Waals surface area contributed by atoms with Gasteiger partial charge in [-0.1, -0.05) is 47.3 Å². The van der Waals surface area contributed by atoms with E-state index in [0.29, 0.717) is 5.92 Å². The molecule has 1 aliphatic carbocycles. The fourth-order valence-electron chi connectivity index (χ4n) is 2.63. The Morgan fingerprint density at radius 2 is 2.00 bits per heavy atom. The second kappa shape index (κ2) is 5.54. The number of aromatic nitrogens is 1. The molecule has 0 bridgehead atoms. The van der Waals surface area contributed by atoms with Gasteiger partial charge in [-0.05, 0) is 25.0 Å². The largest absolute Gasteiger partial charge is 0.241 e. The molecule has 2 aromatic rings. The molecule has 0 spiro atoms. The third-order valence-corrected chi connectivity index (χ3v) is 5.02. The van der Waals surface area contributed by atoms with Crippen molar-refractivity contribution in [3.8, 4) is 10.6 Å². The summed E-state index contributed by atoms with van der Waals surface area (Å²) < 4.78 is 1.12. The summed E-state index contributed by atoms with van der Waals surface area (Å²) in [7, 11) is 0. The van der Waals surface area contributed by atoms with Crippen molar-refractivity contribution in [1.29, 1.82) is 0 Å². The highest BCUT2D eigenvalue weighted by molar-refractivity contribution is 9.10. The Kier molecular flexibility index (Phi) is 3.80. The smallest absolute Gasteiger partial charge is 0.123 e. The maximum atomic E-state index is 4.84. The fourth-order valence-corrected chi connectivity index (χ4v) is 3.92. The molecule has 1 aromatic carbocycles. The van der Waals surface area contributed by atoms with Crippen LogP contribution in [0.5, 0.6) is 0 Å². The van der Waals surface area contributed by atoms with Crippen molar-refractivity contribution < 1.29 is 0 Å². The van der Waals surface area contributed by atoms with E-state index in [1.54, 1.807) is 11.3 Å². The molecule has 1 aromatic heterocycles. The Labute approximate surface area is 120 Å². The van der Waals surface area contributed by atoms with Crippen LogP contribution in [0, 0.1) is 0 Å². The van der Waals surface area contributed by atoms with E-state index in [2.05, 4.69) is 45.6 Å². The molecule has 1 saturated carbocycles. The molecular weight excluding hydrogens is 306 g/mol. The van der Waals surface area contributed by atoms with E-state index in [1.165, 1.54) is 43.4 Å². The second-order valence-electron chi connectivity index (χ2n) is 4.92. The van der Waals surface area contributed by atoms with Crippen molar-refractivity contribution in [2.75, 3.05) is 0 Å². The summed E-state index contributed by atoms with van der Waals surface area (Å²) in [5.74, 6) is 0.705. The standard InChI is InChI=1S/C15H16BrNS/c16-13-8-4-7-12(9-13)15-17-14(10-18-15)11-5-2-1-3-6-11/h4,7-11H,1-3,5-6H2. The van der Waals surface area contributed by atoms with Gasteiger partial charge in [-0.2, -0.15) is 0 Å². The van der Waals surface area contributed by atoms with Crippen LogP contribution in [0.3, 0.4) is 0 Å². The first kappa shape index (κ1) is 12.4. The highest BCUT2D eigenvalue weighted by atomic mass is 79.9. The molecule has 94 valence electrons. The van der Waals surface area contributed by atoms with Crippen LogP contribution in [0.25, 0.3) is 10.6 Å². The van der Waals surface area contributed by atoms with Crippen molar-refractivity contribution in [3.05, 3.63) is 39.8 Å². The lowest BCUT2D eigenvalue weighted by molar-refractivity contribution is 0.438. The van der Waals surface area contributed by atoms with Gasteiger partial charge in [0.15, 0.2) is 0 Å². The van der Waals surface area contributed by atoms with Gasteiger partial charge < -0.3 is 0 Å². The number of hydrogen-bond acceptors (Lipinski definition) is 2. The number of rotatable bonds is 2. The van der Waals surface area contributed by atoms with Gasteiger partial charge in [0.1, 0.15) is 5.01 Å². The third kappa shape index (κ3) is 2.67. The van der Waals surface area contributed by atoms with Crippen molar-refractivity contribution in [2.45, 2.75) is 38.0 Å². The number of thiazole rings is 1. The maximum Gasteiger partial charge on any atom is 0.123 e. The van der Waals surface area contributed by atoms with Crippen LogP contribution in [-0.4, -0.2) is 4.98 Å². The molecule has 0 amide bonds. The van der Waals surface area contributed by atoms with Gasteiger partial charge in [0.05, 0.1) is 5.69 Å². The van der Waals surface area contributed by atoms with E-state index in [1.807, 2.05) is 0 Å². The fraction of sp³-hybridized carbons (Fsp3) is 0.400. The van der Waals surface area contributed by atoms with Gasteiger partial charge in [0, 0.05) is 21.3 Å². The van der Waals surface area contributed by atoms with Crippen LogP contribution in [-0.2, 0) is 0 Å². The zero-order valence-corrected chi connectivity index (χ0v) is 12.6. The van der Waals surface area contributed by atoms with Gasteiger partial charge in [-0.3, -0.25) is 0 Å². The second-order valence-corrected chi connectivity index (χ2v) is 6.70. The lowest BCUT2D eigenvalue weighted by Crippen LogP contribution is -2.04. The quantitative estimate of drug-likeness (QED) is 0.699. The van der Waals surface area contributed by atoms with Crippen LogP contribution in [0.1, 0.15) is 43.7 Å². The summed E-state index contributed by atoms with van der Waals surface area (Å²) in [4.78, 5) is 4.84. The van der Waals surface area contributed by atoms with Gasteiger partial charge in [-0.15, -0.1) is 11.3 Å². The lowest BCUT2D eigenvalue weighted by atomic mass is 9.87. The highest BCUT2D eigenvalue weighted by Crippen LogP contribution is 2.35. The first-order chi connectivity index (χ1) is 8.83. The number of hydrogen-bond donors (Lipinski definition) is 0. The van der Waals surface area contributed by atoms with Crippen molar-refractivity contribution in [3.63, 3.8) is 0 Å². The molecule has 0 radical (unpaired) electrons. The summed E-state index contributed by atoms with van der Waals surface area (Å²) in [5.41, 5.74) is 2.53. The summed E-state index contributed by atoms with van der Waals surface area (Å²) >= 11 is 5.29. The first-order valence-corrected chi connectivity index (χ1v) is 8.21. The van der Waals surface area contributed by atoms with Crippen LogP contribution < -0.4 is 0 Å². The Balaban J connectivity index is 1.84. The molecule has 0 aliphatic heterocycles. The summed E-state index contributed by atoms with van der Waals surface area (Å²) in [5, 5.41) is 3.41. The van der Waals surface area contributed by atoms with E-state index in [-0.39, 0.29) is 0 Å². The number of halogens is 1. The van der Waals surface area contributed by atoms with Gasteiger partial charge in [0.25, 0.3) is 0 Å². The van der Waals surface area contributed by atoms with E-state index in [4.69, 9.17) is 4.98 Å². The molecule has 0 atom stereocenters. The Bertz CT molecular complexity index is 529. The average molecular weight is 322 g/mol. The average Bonchev–Trinajstić information content (AvgIpc) is 2.89. The predicted octanol–water partition coefficient (Wildman–Crippen LogP) is 5.62. The minimum absolute atomic E-state index is 0.705. The molecule has 0 unspecified atom stereocenters. The van der Waals surface area contributed by atoms with Crippen LogP contribution in [0.15, 0.2) is 34.1 Å². The molecule has 1 heterocycles. The van der Waals surface area contributed by atoms with E-state index in [9.17, 15) is 0 Å². The normalized spacial score (nSPS) is 16.9. The van der Waals surface area contributed by atoms with Crippen LogP contribution in [0.4, 0.5) is 0 Å². The minimum atomic E-state index is 0.705. The third-order valence-electron chi connectivity index (χ3n) is 3.62. The first-order valence-electron chi connectivity index (χ1n) is 6.54. The Morgan fingerprint density at radius 1 is 1.17 bits per heavy atom. The van der Waals surface area contributed by atoms with Crippen molar-refractivity contribution in [1.82, 2.24) is 4.98 Å². The molecule has 1 nitrogen and oxygen atoms in total. The molecule has 3 heteroatoms. The molecule has 1 fully saturated rings. The highest BCUT2D eigenvalue weighted by Gasteiger charge is 2.18. The number of nitrogens with zero attached hydrogens (tertiary/aromatic N) is 1. The minimum Gasteiger partial charge on any atom is -0.241 e. The van der Waals surface area contributed by atoms with Crippen LogP contribution in [0.2, 0.25) is 0 Å². The zero-order valence-electron chi connectivity index (χ0n) is 10.2. The van der Waals surface area contributed by atoms with Gasteiger partial charge in [-0.25, -0.2) is 4.98 Å². The SMILES string of the molecule is Brc1cccc(-c2nc(C3CCCCC3)cs2)c1. The topological polar surface area (TPSA) is 12.9 Å². The van der Waals surface area contributed by atoms with Gasteiger partial charge >= 0.3 is 0 Å². The van der Waals surface area contributed by atoms with E-state index >= 15 is 0 Å². The predicted molar refractivity (Wildman–Crippen MR) is 81.1 cm³/mol.